The minimum Gasteiger partial charge on any atom is -0.299 e. The number of likely N-dealkylation sites (tertiary alicyclic amines) is 1. The van der Waals surface area contributed by atoms with E-state index in [1.54, 1.807) is 0 Å². The van der Waals surface area contributed by atoms with Crippen LogP contribution in [0.3, 0.4) is 0 Å². The number of nitrogens with zero attached hydrogens (tertiary/aromatic N) is 1. The van der Waals surface area contributed by atoms with Crippen LogP contribution in [0.2, 0.25) is 0 Å². The zero-order chi connectivity index (χ0) is 14.5. The zero-order valence-electron chi connectivity index (χ0n) is 12.9. The van der Waals surface area contributed by atoms with E-state index in [0.717, 1.165) is 12.5 Å². The number of benzene rings is 2. The van der Waals surface area contributed by atoms with Crippen LogP contribution in [0.15, 0.2) is 67.2 Å². The first-order valence-electron chi connectivity index (χ1n) is 7.83. The van der Waals surface area contributed by atoms with Gasteiger partial charge in [0, 0.05) is 6.54 Å². The van der Waals surface area contributed by atoms with Crippen LogP contribution < -0.4 is 0 Å². The Hall–Kier alpha value is -1.57. The second-order valence-electron chi connectivity index (χ2n) is 5.93. The van der Waals surface area contributed by atoms with E-state index in [0.29, 0.717) is 0 Å². The van der Waals surface area contributed by atoms with E-state index in [-0.39, 0.29) is 12.4 Å². The molecule has 22 heavy (non-hydrogen) atoms. The lowest BCUT2D eigenvalue weighted by atomic mass is 9.89. The Kier molecular flexibility index (Phi) is 6.23. The van der Waals surface area contributed by atoms with Gasteiger partial charge in [0.25, 0.3) is 0 Å². The summed E-state index contributed by atoms with van der Waals surface area (Å²) in [4.78, 5) is 2.54. The van der Waals surface area contributed by atoms with Gasteiger partial charge in [-0.05, 0) is 48.5 Å². The lowest BCUT2D eigenvalue weighted by Crippen LogP contribution is -2.34. The number of piperidine rings is 1. The SMILES string of the molecule is C=C(CN1CCC(c2ccccc2)CC1)c1ccccc1.Cl. The monoisotopic (exact) mass is 313 g/mol. The normalized spacial score (nSPS) is 16.0. The first-order chi connectivity index (χ1) is 10.3. The lowest BCUT2D eigenvalue weighted by molar-refractivity contribution is 0.236. The first-order valence-corrected chi connectivity index (χ1v) is 7.83. The molecular weight excluding hydrogens is 290 g/mol. The quantitative estimate of drug-likeness (QED) is 0.767. The lowest BCUT2D eigenvalue weighted by Gasteiger charge is -2.32. The Bertz CT molecular complexity index is 571. The Morgan fingerprint density at radius 1 is 0.909 bits per heavy atom. The molecule has 0 spiro atoms. The molecule has 1 aliphatic heterocycles. The molecule has 1 saturated heterocycles. The van der Waals surface area contributed by atoms with Gasteiger partial charge in [-0.2, -0.15) is 0 Å². The Morgan fingerprint density at radius 2 is 1.45 bits per heavy atom. The zero-order valence-corrected chi connectivity index (χ0v) is 13.8. The van der Waals surface area contributed by atoms with E-state index < -0.39 is 0 Å². The molecule has 2 aromatic carbocycles. The third-order valence-corrected chi connectivity index (χ3v) is 4.46. The van der Waals surface area contributed by atoms with E-state index in [2.05, 4.69) is 72.1 Å². The summed E-state index contributed by atoms with van der Waals surface area (Å²) in [6.07, 6.45) is 2.51. The molecule has 0 aliphatic carbocycles. The Balaban J connectivity index is 0.00000176. The van der Waals surface area contributed by atoms with Crippen LogP contribution in [-0.4, -0.2) is 24.5 Å². The van der Waals surface area contributed by atoms with Gasteiger partial charge in [0.2, 0.25) is 0 Å². The molecule has 0 amide bonds. The molecule has 0 unspecified atom stereocenters. The minimum absolute atomic E-state index is 0. The summed E-state index contributed by atoms with van der Waals surface area (Å²) in [5, 5.41) is 0. The third kappa shape index (κ3) is 4.22. The molecule has 0 atom stereocenters. The van der Waals surface area contributed by atoms with Crippen molar-refractivity contribution in [2.45, 2.75) is 18.8 Å². The summed E-state index contributed by atoms with van der Waals surface area (Å²) in [6.45, 7) is 7.59. The van der Waals surface area contributed by atoms with Crippen LogP contribution >= 0.6 is 12.4 Å². The highest BCUT2D eigenvalue weighted by Crippen LogP contribution is 2.28. The van der Waals surface area contributed by atoms with Gasteiger partial charge in [-0.25, -0.2) is 0 Å². The van der Waals surface area contributed by atoms with Gasteiger partial charge in [-0.15, -0.1) is 12.4 Å². The van der Waals surface area contributed by atoms with E-state index in [1.165, 1.54) is 42.6 Å². The van der Waals surface area contributed by atoms with Crippen LogP contribution in [0.5, 0.6) is 0 Å². The first kappa shape index (κ1) is 16.8. The predicted octanol–water partition coefficient (Wildman–Crippen LogP) is 5.00. The van der Waals surface area contributed by atoms with Crippen LogP contribution in [0.25, 0.3) is 5.57 Å². The molecule has 1 heterocycles. The summed E-state index contributed by atoms with van der Waals surface area (Å²) < 4.78 is 0. The van der Waals surface area contributed by atoms with Crippen molar-refractivity contribution in [2.24, 2.45) is 0 Å². The van der Waals surface area contributed by atoms with Crippen LogP contribution in [0, 0.1) is 0 Å². The van der Waals surface area contributed by atoms with E-state index in [9.17, 15) is 0 Å². The molecule has 2 aromatic rings. The van der Waals surface area contributed by atoms with Crippen molar-refractivity contribution in [3.05, 3.63) is 78.4 Å². The van der Waals surface area contributed by atoms with E-state index in [1.807, 2.05) is 0 Å². The smallest absolute Gasteiger partial charge is 0.0233 e. The van der Waals surface area contributed by atoms with Crippen molar-refractivity contribution < 1.29 is 0 Å². The number of hydrogen-bond donors (Lipinski definition) is 0. The fourth-order valence-electron chi connectivity index (χ4n) is 3.18. The summed E-state index contributed by atoms with van der Waals surface area (Å²) in [7, 11) is 0. The molecule has 0 N–H and O–H groups in total. The number of rotatable bonds is 4. The largest absolute Gasteiger partial charge is 0.299 e. The molecule has 0 saturated carbocycles. The topological polar surface area (TPSA) is 3.24 Å². The number of halogens is 1. The highest BCUT2D eigenvalue weighted by molar-refractivity contribution is 5.85. The third-order valence-electron chi connectivity index (χ3n) is 4.46. The standard InChI is InChI=1S/C20H23N.ClH/c1-17(18-8-4-2-5-9-18)16-21-14-12-20(13-15-21)19-10-6-3-7-11-19;/h2-11,20H,1,12-16H2;1H. The van der Waals surface area contributed by atoms with Gasteiger partial charge in [-0.3, -0.25) is 4.90 Å². The molecule has 3 rings (SSSR count). The van der Waals surface area contributed by atoms with Crippen molar-refractivity contribution in [2.75, 3.05) is 19.6 Å². The molecule has 2 heteroatoms. The van der Waals surface area contributed by atoms with Gasteiger partial charge in [0.15, 0.2) is 0 Å². The summed E-state index contributed by atoms with van der Waals surface area (Å²) in [5.41, 5.74) is 4.00. The summed E-state index contributed by atoms with van der Waals surface area (Å²) >= 11 is 0. The van der Waals surface area contributed by atoms with Crippen molar-refractivity contribution in [1.29, 1.82) is 0 Å². The van der Waals surface area contributed by atoms with Crippen molar-refractivity contribution in [1.82, 2.24) is 4.90 Å². The van der Waals surface area contributed by atoms with Gasteiger partial charge >= 0.3 is 0 Å². The molecule has 1 nitrogen and oxygen atoms in total. The fraction of sp³-hybridized carbons (Fsp3) is 0.300. The van der Waals surface area contributed by atoms with Crippen LogP contribution in [0.4, 0.5) is 0 Å². The average Bonchev–Trinajstić information content (AvgIpc) is 2.57. The maximum absolute atomic E-state index is 4.25. The van der Waals surface area contributed by atoms with Gasteiger partial charge in [0.05, 0.1) is 0 Å². The molecule has 1 aliphatic rings. The van der Waals surface area contributed by atoms with Gasteiger partial charge in [-0.1, -0.05) is 67.2 Å². The predicted molar refractivity (Wildman–Crippen MR) is 97.6 cm³/mol. The van der Waals surface area contributed by atoms with Gasteiger partial charge < -0.3 is 0 Å². The van der Waals surface area contributed by atoms with Crippen molar-refractivity contribution >= 4 is 18.0 Å². The minimum atomic E-state index is 0. The molecule has 0 bridgehead atoms. The van der Waals surface area contributed by atoms with Gasteiger partial charge in [0.1, 0.15) is 0 Å². The Morgan fingerprint density at radius 3 is 2.05 bits per heavy atom. The Labute approximate surface area is 140 Å². The molecular formula is C20H24ClN. The summed E-state index contributed by atoms with van der Waals surface area (Å²) in [6, 6.07) is 21.5. The molecule has 116 valence electrons. The second kappa shape index (κ2) is 8.17. The molecule has 0 aromatic heterocycles. The summed E-state index contributed by atoms with van der Waals surface area (Å²) in [5.74, 6) is 0.729. The molecule has 0 radical (unpaired) electrons. The maximum Gasteiger partial charge on any atom is 0.0233 e. The number of hydrogen-bond acceptors (Lipinski definition) is 1. The molecule has 1 fully saturated rings. The highest BCUT2D eigenvalue weighted by atomic mass is 35.5. The maximum atomic E-state index is 4.25. The van der Waals surface area contributed by atoms with Crippen LogP contribution in [-0.2, 0) is 0 Å². The van der Waals surface area contributed by atoms with Crippen molar-refractivity contribution in [3.63, 3.8) is 0 Å². The second-order valence-corrected chi connectivity index (χ2v) is 5.93. The average molecular weight is 314 g/mol. The van der Waals surface area contributed by atoms with Crippen molar-refractivity contribution in [3.8, 4) is 0 Å². The highest BCUT2D eigenvalue weighted by Gasteiger charge is 2.20. The van der Waals surface area contributed by atoms with E-state index >= 15 is 0 Å². The van der Waals surface area contributed by atoms with Crippen LogP contribution in [0.1, 0.15) is 29.9 Å². The van der Waals surface area contributed by atoms with E-state index in [4.69, 9.17) is 0 Å². The fourth-order valence-corrected chi connectivity index (χ4v) is 3.18.